The summed E-state index contributed by atoms with van der Waals surface area (Å²) in [5, 5.41) is 0. The molecule has 1 unspecified atom stereocenters. The lowest BCUT2D eigenvalue weighted by Gasteiger charge is -2.11. The van der Waals surface area contributed by atoms with E-state index in [-0.39, 0.29) is 0 Å². The number of ether oxygens (including phenoxy) is 1. The third kappa shape index (κ3) is 2.76. The molecule has 0 aliphatic rings. The van der Waals surface area contributed by atoms with Crippen LogP contribution in [0, 0.1) is 13.8 Å². The standard InChI is InChI=1S/C13H19O/c1-5-8-14-13-7-6-12(10(2)3)9-11(13)4/h6-7,9-10H,2,5,8H2,1,3-4H3. The van der Waals surface area contributed by atoms with Gasteiger partial charge in [-0.25, -0.2) is 0 Å². The van der Waals surface area contributed by atoms with Crippen LogP contribution in [-0.4, -0.2) is 6.61 Å². The summed E-state index contributed by atoms with van der Waals surface area (Å²) in [5.74, 6) is 1.34. The minimum Gasteiger partial charge on any atom is -0.493 e. The van der Waals surface area contributed by atoms with Crippen molar-refractivity contribution in [1.29, 1.82) is 0 Å². The van der Waals surface area contributed by atoms with Crippen molar-refractivity contribution in [2.24, 2.45) is 0 Å². The van der Waals surface area contributed by atoms with Crippen LogP contribution in [0.5, 0.6) is 5.75 Å². The van der Waals surface area contributed by atoms with E-state index in [0.717, 1.165) is 18.8 Å². The van der Waals surface area contributed by atoms with E-state index in [1.165, 1.54) is 11.1 Å². The molecule has 0 N–H and O–H groups in total. The molecule has 1 atom stereocenters. The Labute approximate surface area is 87.1 Å². The molecule has 77 valence electrons. The van der Waals surface area contributed by atoms with Crippen molar-refractivity contribution in [2.45, 2.75) is 33.1 Å². The lowest BCUT2D eigenvalue weighted by Crippen LogP contribution is -1.98. The fourth-order valence-corrected chi connectivity index (χ4v) is 1.35. The predicted octanol–water partition coefficient (Wildman–Crippen LogP) is 3.72. The van der Waals surface area contributed by atoms with Gasteiger partial charge in [0.15, 0.2) is 0 Å². The Kier molecular flexibility index (Phi) is 3.99. The second kappa shape index (κ2) is 5.04. The van der Waals surface area contributed by atoms with Gasteiger partial charge in [-0.15, -0.1) is 0 Å². The van der Waals surface area contributed by atoms with Crippen molar-refractivity contribution in [3.05, 3.63) is 36.2 Å². The highest BCUT2D eigenvalue weighted by atomic mass is 16.5. The lowest BCUT2D eigenvalue weighted by atomic mass is 10.0. The van der Waals surface area contributed by atoms with E-state index in [2.05, 4.69) is 39.8 Å². The largest absolute Gasteiger partial charge is 0.493 e. The Balaban J connectivity index is 2.79. The molecule has 0 aliphatic heterocycles. The molecule has 14 heavy (non-hydrogen) atoms. The van der Waals surface area contributed by atoms with E-state index < -0.39 is 0 Å². The summed E-state index contributed by atoms with van der Waals surface area (Å²) in [6.45, 7) is 11.1. The quantitative estimate of drug-likeness (QED) is 0.704. The third-order valence-electron chi connectivity index (χ3n) is 2.23. The van der Waals surface area contributed by atoms with Gasteiger partial charge in [-0.3, -0.25) is 0 Å². The summed E-state index contributed by atoms with van der Waals surface area (Å²) in [5.41, 5.74) is 2.47. The lowest BCUT2D eigenvalue weighted by molar-refractivity contribution is 0.315. The summed E-state index contributed by atoms with van der Waals surface area (Å²) in [7, 11) is 0. The van der Waals surface area contributed by atoms with Gasteiger partial charge in [-0.1, -0.05) is 26.0 Å². The summed E-state index contributed by atoms with van der Waals surface area (Å²) < 4.78 is 5.60. The molecule has 0 heterocycles. The first kappa shape index (κ1) is 11.1. The van der Waals surface area contributed by atoms with Crippen LogP contribution in [0.2, 0.25) is 0 Å². The first-order chi connectivity index (χ1) is 6.65. The fraction of sp³-hybridized carbons (Fsp3) is 0.462. The number of hydrogen-bond acceptors (Lipinski definition) is 1. The van der Waals surface area contributed by atoms with E-state index in [1.807, 2.05) is 6.07 Å². The fourth-order valence-electron chi connectivity index (χ4n) is 1.35. The van der Waals surface area contributed by atoms with Gasteiger partial charge < -0.3 is 4.74 Å². The van der Waals surface area contributed by atoms with Gasteiger partial charge in [0.2, 0.25) is 0 Å². The average molecular weight is 191 g/mol. The zero-order valence-corrected chi connectivity index (χ0v) is 9.34. The SMILES string of the molecule is [CH2]C(C)c1ccc(OCCC)c(C)c1. The van der Waals surface area contributed by atoms with Gasteiger partial charge in [-0.2, -0.15) is 0 Å². The minimum atomic E-state index is 0.342. The first-order valence-corrected chi connectivity index (χ1v) is 5.21. The van der Waals surface area contributed by atoms with Crippen LogP contribution < -0.4 is 4.74 Å². The van der Waals surface area contributed by atoms with E-state index in [9.17, 15) is 0 Å². The Hall–Kier alpha value is -0.980. The Bertz CT molecular complexity index is 289. The van der Waals surface area contributed by atoms with E-state index in [0.29, 0.717) is 5.92 Å². The zero-order chi connectivity index (χ0) is 10.6. The maximum atomic E-state index is 5.60. The van der Waals surface area contributed by atoms with Gasteiger partial charge in [0.25, 0.3) is 0 Å². The second-order valence-corrected chi connectivity index (χ2v) is 3.77. The molecule has 0 aromatic heterocycles. The molecule has 1 rings (SSSR count). The van der Waals surface area contributed by atoms with Crippen molar-refractivity contribution < 1.29 is 4.74 Å². The van der Waals surface area contributed by atoms with Crippen LogP contribution in [0.3, 0.4) is 0 Å². The van der Waals surface area contributed by atoms with Crippen LogP contribution in [-0.2, 0) is 0 Å². The maximum Gasteiger partial charge on any atom is 0.122 e. The van der Waals surface area contributed by atoms with Gasteiger partial charge in [0, 0.05) is 0 Å². The van der Waals surface area contributed by atoms with Gasteiger partial charge in [0.05, 0.1) is 6.61 Å². The first-order valence-electron chi connectivity index (χ1n) is 5.21. The second-order valence-electron chi connectivity index (χ2n) is 3.77. The van der Waals surface area contributed by atoms with E-state index in [1.54, 1.807) is 0 Å². The molecule has 0 amide bonds. The molecule has 1 nitrogen and oxygen atoms in total. The molecule has 1 aromatic rings. The van der Waals surface area contributed by atoms with E-state index >= 15 is 0 Å². The Morgan fingerprint density at radius 1 is 1.43 bits per heavy atom. The monoisotopic (exact) mass is 191 g/mol. The molecule has 0 saturated carbocycles. The van der Waals surface area contributed by atoms with Crippen LogP contribution in [0.1, 0.15) is 37.3 Å². The third-order valence-corrected chi connectivity index (χ3v) is 2.23. The predicted molar refractivity (Wildman–Crippen MR) is 60.7 cm³/mol. The van der Waals surface area contributed by atoms with Crippen molar-refractivity contribution in [3.8, 4) is 5.75 Å². The normalized spacial score (nSPS) is 10.6. The average Bonchev–Trinajstić information content (AvgIpc) is 2.15. The molecule has 0 aliphatic carbocycles. The smallest absolute Gasteiger partial charge is 0.122 e. The van der Waals surface area contributed by atoms with E-state index in [4.69, 9.17) is 4.74 Å². The highest BCUT2D eigenvalue weighted by Crippen LogP contribution is 2.23. The van der Waals surface area contributed by atoms with Crippen molar-refractivity contribution in [2.75, 3.05) is 6.61 Å². The number of rotatable bonds is 4. The zero-order valence-electron chi connectivity index (χ0n) is 9.34. The summed E-state index contributed by atoms with van der Waals surface area (Å²) >= 11 is 0. The Morgan fingerprint density at radius 3 is 2.64 bits per heavy atom. The molecule has 0 saturated heterocycles. The number of aryl methyl sites for hydroxylation is 1. The molecule has 0 bridgehead atoms. The van der Waals surface area contributed by atoms with Gasteiger partial charge in [-0.05, 0) is 43.4 Å². The minimum absolute atomic E-state index is 0.342. The van der Waals surface area contributed by atoms with Crippen molar-refractivity contribution >= 4 is 0 Å². The molecule has 0 spiro atoms. The molecule has 1 radical (unpaired) electrons. The molecule has 1 aromatic carbocycles. The molecule has 0 fully saturated rings. The topological polar surface area (TPSA) is 9.23 Å². The van der Waals surface area contributed by atoms with Crippen LogP contribution in [0.25, 0.3) is 0 Å². The maximum absolute atomic E-state index is 5.60. The van der Waals surface area contributed by atoms with Gasteiger partial charge in [0.1, 0.15) is 5.75 Å². The van der Waals surface area contributed by atoms with Crippen LogP contribution in [0.4, 0.5) is 0 Å². The highest BCUT2D eigenvalue weighted by Gasteiger charge is 2.03. The van der Waals surface area contributed by atoms with Crippen LogP contribution in [0.15, 0.2) is 18.2 Å². The molecule has 1 heteroatoms. The molecular formula is C13H19O. The molecular weight excluding hydrogens is 172 g/mol. The number of benzene rings is 1. The Morgan fingerprint density at radius 2 is 2.14 bits per heavy atom. The van der Waals surface area contributed by atoms with Crippen LogP contribution >= 0.6 is 0 Å². The summed E-state index contributed by atoms with van der Waals surface area (Å²) in [6, 6.07) is 6.29. The highest BCUT2D eigenvalue weighted by molar-refractivity contribution is 5.37. The summed E-state index contributed by atoms with van der Waals surface area (Å²) in [4.78, 5) is 0. The van der Waals surface area contributed by atoms with Crippen molar-refractivity contribution in [3.63, 3.8) is 0 Å². The van der Waals surface area contributed by atoms with Crippen molar-refractivity contribution in [1.82, 2.24) is 0 Å². The van der Waals surface area contributed by atoms with Gasteiger partial charge >= 0.3 is 0 Å². The number of hydrogen-bond donors (Lipinski definition) is 0. The summed E-state index contributed by atoms with van der Waals surface area (Å²) in [6.07, 6.45) is 1.05.